The highest BCUT2D eigenvalue weighted by atomic mass is 16.3. The van der Waals surface area contributed by atoms with Crippen LogP contribution < -0.4 is 9.67 Å². The molecule has 1 aliphatic heterocycles. The predicted octanol–water partition coefficient (Wildman–Crippen LogP) is 2.79. The number of pyridine rings is 1. The summed E-state index contributed by atoms with van der Waals surface area (Å²) in [5.74, 6) is -1.40. The lowest BCUT2D eigenvalue weighted by atomic mass is 10.0. The van der Waals surface area contributed by atoms with E-state index in [0.717, 1.165) is 11.1 Å². The first-order valence-electron chi connectivity index (χ1n) is 10.9. The Morgan fingerprint density at radius 2 is 1.56 bits per heavy atom. The number of aryl methyl sites for hydroxylation is 2. The first kappa shape index (κ1) is 21.3. The minimum absolute atomic E-state index is 0.0706. The van der Waals surface area contributed by atoms with Crippen molar-refractivity contribution in [1.29, 1.82) is 0 Å². The molecule has 7 heteroatoms. The lowest BCUT2D eigenvalue weighted by Gasteiger charge is -2.15. The number of hydrogen-bond donors (Lipinski definition) is 0. The van der Waals surface area contributed by atoms with E-state index in [9.17, 15) is 14.7 Å². The Hall–Kier alpha value is -4.52. The third-order valence-electron chi connectivity index (χ3n) is 5.80. The molecule has 0 saturated carbocycles. The van der Waals surface area contributed by atoms with Gasteiger partial charge in [0.05, 0.1) is 17.9 Å². The molecule has 0 N–H and O–H groups in total. The van der Waals surface area contributed by atoms with Crippen LogP contribution in [0.1, 0.15) is 22.4 Å². The summed E-state index contributed by atoms with van der Waals surface area (Å²) in [4.78, 5) is 28.5. The van der Waals surface area contributed by atoms with E-state index in [2.05, 4.69) is 5.10 Å². The Labute approximate surface area is 196 Å². The van der Waals surface area contributed by atoms with Crippen LogP contribution in [0.2, 0.25) is 0 Å². The van der Waals surface area contributed by atoms with Crippen LogP contribution >= 0.6 is 0 Å². The molecule has 34 heavy (non-hydrogen) atoms. The van der Waals surface area contributed by atoms with Gasteiger partial charge in [0.15, 0.2) is 12.4 Å². The standard InChI is InChI=1S/C27H22N4O3/c1-18-10-9-15-29(16-18)24-23(25(32)30(27(24)34)17-20-11-5-3-6-12-20)22-19(2)28-31(26(22)33)21-13-7-4-8-14-21/h3-16H,17H2,1-2H3. The average molecular weight is 450 g/mol. The van der Waals surface area contributed by atoms with E-state index in [1.54, 1.807) is 42.1 Å². The van der Waals surface area contributed by atoms with Crippen molar-refractivity contribution in [3.8, 4) is 11.6 Å². The summed E-state index contributed by atoms with van der Waals surface area (Å²) in [6.45, 7) is 3.69. The molecule has 168 valence electrons. The molecular weight excluding hydrogens is 428 g/mol. The van der Waals surface area contributed by atoms with Gasteiger partial charge >= 0.3 is 5.91 Å². The first-order valence-corrected chi connectivity index (χ1v) is 10.9. The highest BCUT2D eigenvalue weighted by Gasteiger charge is 2.46. The van der Waals surface area contributed by atoms with Crippen LogP contribution in [0.5, 0.6) is 5.88 Å². The quantitative estimate of drug-likeness (QED) is 0.346. The molecule has 2 amide bonds. The first-order chi connectivity index (χ1) is 16.5. The minimum Gasteiger partial charge on any atom is -0.858 e. The number of imide groups is 1. The fraction of sp³-hybridized carbons (Fsp3) is 0.111. The van der Waals surface area contributed by atoms with Gasteiger partial charge < -0.3 is 5.11 Å². The van der Waals surface area contributed by atoms with Crippen molar-refractivity contribution < 1.29 is 19.3 Å². The van der Waals surface area contributed by atoms with E-state index in [-0.39, 0.29) is 23.4 Å². The van der Waals surface area contributed by atoms with E-state index in [1.807, 2.05) is 61.5 Å². The Kier molecular flexibility index (Phi) is 5.30. The molecule has 3 heterocycles. The highest BCUT2D eigenvalue weighted by Crippen LogP contribution is 2.37. The SMILES string of the molecule is Cc1ccc[n+](C2=C(c3c(C)nn(-c4ccccc4)c3[O-])C(=O)N(Cc3ccccc3)C2=O)c1. The van der Waals surface area contributed by atoms with Crippen molar-refractivity contribution in [3.05, 3.63) is 108 Å². The number of para-hydroxylation sites is 1. The van der Waals surface area contributed by atoms with E-state index in [1.165, 1.54) is 9.58 Å². The van der Waals surface area contributed by atoms with Gasteiger partial charge in [0.1, 0.15) is 5.57 Å². The van der Waals surface area contributed by atoms with Crippen LogP contribution in [0.4, 0.5) is 0 Å². The van der Waals surface area contributed by atoms with Gasteiger partial charge in [0.25, 0.3) is 11.6 Å². The number of carbonyl (C=O) groups is 2. The number of benzene rings is 2. The molecule has 0 radical (unpaired) electrons. The number of rotatable bonds is 5. The topological polar surface area (TPSA) is 82.1 Å². The van der Waals surface area contributed by atoms with E-state index in [0.29, 0.717) is 11.4 Å². The Balaban J connectivity index is 1.69. The normalized spacial score (nSPS) is 13.8. The lowest BCUT2D eigenvalue weighted by Crippen LogP contribution is -2.39. The average Bonchev–Trinajstić information content (AvgIpc) is 3.27. The molecule has 0 unspecified atom stereocenters. The monoisotopic (exact) mass is 450 g/mol. The Morgan fingerprint density at radius 3 is 2.24 bits per heavy atom. The minimum atomic E-state index is -0.509. The molecule has 2 aromatic carbocycles. The smallest absolute Gasteiger partial charge is 0.327 e. The number of amides is 2. The molecule has 7 nitrogen and oxygen atoms in total. The summed E-state index contributed by atoms with van der Waals surface area (Å²) in [5.41, 5.74) is 3.07. The van der Waals surface area contributed by atoms with Crippen molar-refractivity contribution in [2.24, 2.45) is 0 Å². The molecule has 0 atom stereocenters. The van der Waals surface area contributed by atoms with Gasteiger partial charge in [0, 0.05) is 17.2 Å². The summed E-state index contributed by atoms with van der Waals surface area (Å²) in [5, 5.41) is 17.9. The summed E-state index contributed by atoms with van der Waals surface area (Å²) >= 11 is 0. The maximum Gasteiger partial charge on any atom is 0.327 e. The van der Waals surface area contributed by atoms with E-state index in [4.69, 9.17) is 0 Å². The van der Waals surface area contributed by atoms with Crippen LogP contribution in [0, 0.1) is 13.8 Å². The van der Waals surface area contributed by atoms with Crippen molar-refractivity contribution in [2.45, 2.75) is 20.4 Å². The van der Waals surface area contributed by atoms with Gasteiger partial charge in [-0.2, -0.15) is 9.67 Å². The Bertz CT molecular complexity index is 1440. The van der Waals surface area contributed by atoms with Crippen molar-refractivity contribution in [3.63, 3.8) is 0 Å². The number of hydrogen-bond acceptors (Lipinski definition) is 4. The third kappa shape index (κ3) is 3.57. The van der Waals surface area contributed by atoms with Crippen LogP contribution in [0.15, 0.2) is 85.2 Å². The van der Waals surface area contributed by atoms with Crippen LogP contribution in [0.25, 0.3) is 17.0 Å². The van der Waals surface area contributed by atoms with Gasteiger partial charge in [-0.25, -0.2) is 4.68 Å². The zero-order chi connectivity index (χ0) is 23.8. The van der Waals surface area contributed by atoms with Crippen molar-refractivity contribution in [2.75, 3.05) is 0 Å². The molecule has 0 spiro atoms. The molecule has 0 bridgehead atoms. The van der Waals surface area contributed by atoms with Crippen LogP contribution in [-0.2, 0) is 16.1 Å². The maximum absolute atomic E-state index is 13.7. The molecular formula is C27H22N4O3. The molecule has 0 fully saturated rings. The maximum atomic E-state index is 13.7. The third-order valence-corrected chi connectivity index (χ3v) is 5.80. The van der Waals surface area contributed by atoms with E-state index < -0.39 is 17.7 Å². The number of carbonyl (C=O) groups excluding carboxylic acids is 2. The van der Waals surface area contributed by atoms with Gasteiger partial charge in [-0.05, 0) is 43.5 Å². The van der Waals surface area contributed by atoms with Crippen LogP contribution in [-0.4, -0.2) is 26.5 Å². The summed E-state index contributed by atoms with van der Waals surface area (Å²) < 4.78 is 2.89. The Morgan fingerprint density at radius 1 is 0.882 bits per heavy atom. The number of aromatic nitrogens is 3. The summed E-state index contributed by atoms with van der Waals surface area (Å²) in [6, 6.07) is 22.0. The van der Waals surface area contributed by atoms with Crippen molar-refractivity contribution in [1.82, 2.24) is 14.7 Å². The lowest BCUT2D eigenvalue weighted by molar-refractivity contribution is -0.577. The van der Waals surface area contributed by atoms with Crippen molar-refractivity contribution >= 4 is 23.1 Å². The highest BCUT2D eigenvalue weighted by molar-refractivity contribution is 6.44. The zero-order valence-electron chi connectivity index (χ0n) is 18.8. The molecule has 0 aliphatic carbocycles. The fourth-order valence-corrected chi connectivity index (χ4v) is 4.21. The summed E-state index contributed by atoms with van der Waals surface area (Å²) in [6.07, 6.45) is 3.48. The predicted molar refractivity (Wildman–Crippen MR) is 124 cm³/mol. The zero-order valence-corrected chi connectivity index (χ0v) is 18.8. The molecule has 0 saturated heterocycles. The van der Waals surface area contributed by atoms with Gasteiger partial charge in [-0.1, -0.05) is 48.5 Å². The molecule has 4 aromatic rings. The molecule has 1 aliphatic rings. The molecule has 5 rings (SSSR count). The largest absolute Gasteiger partial charge is 0.858 e. The van der Waals surface area contributed by atoms with Gasteiger partial charge in [-0.15, -0.1) is 0 Å². The molecule has 2 aromatic heterocycles. The fourth-order valence-electron chi connectivity index (χ4n) is 4.21. The van der Waals surface area contributed by atoms with Gasteiger partial charge in [-0.3, -0.25) is 14.5 Å². The van der Waals surface area contributed by atoms with Crippen LogP contribution in [0.3, 0.4) is 0 Å². The second-order valence-corrected chi connectivity index (χ2v) is 8.21. The van der Waals surface area contributed by atoms with Gasteiger partial charge in [0.2, 0.25) is 0 Å². The second kappa shape index (κ2) is 8.44. The number of nitrogens with zero attached hydrogens (tertiary/aromatic N) is 4. The summed E-state index contributed by atoms with van der Waals surface area (Å²) in [7, 11) is 0. The second-order valence-electron chi connectivity index (χ2n) is 8.21. The van der Waals surface area contributed by atoms with E-state index >= 15 is 0 Å².